The molecule has 4 rings (SSSR count). The summed E-state index contributed by atoms with van der Waals surface area (Å²) in [5.41, 5.74) is 5.35. The first-order valence-electron chi connectivity index (χ1n) is 10.4. The first-order valence-corrected chi connectivity index (χ1v) is 10.4. The zero-order valence-corrected chi connectivity index (χ0v) is 18.1. The van der Waals surface area contributed by atoms with Crippen molar-refractivity contribution in [1.82, 2.24) is 0 Å². The van der Waals surface area contributed by atoms with Crippen LogP contribution in [-0.4, -0.2) is 37.9 Å². The lowest BCUT2D eigenvalue weighted by Crippen LogP contribution is -2.29. The highest BCUT2D eigenvalue weighted by Crippen LogP contribution is 2.41. The summed E-state index contributed by atoms with van der Waals surface area (Å²) < 4.78 is 11.0. The van der Waals surface area contributed by atoms with Crippen LogP contribution in [0.4, 0.5) is 22.7 Å². The Balaban J connectivity index is 1.80. The van der Waals surface area contributed by atoms with E-state index in [1.54, 1.807) is 12.1 Å². The molecule has 7 heteroatoms. The maximum Gasteiger partial charge on any atom is 0.328 e. The number of para-hydroxylation sites is 2. The van der Waals surface area contributed by atoms with E-state index in [4.69, 9.17) is 14.7 Å². The average molecular weight is 441 g/mol. The van der Waals surface area contributed by atoms with Gasteiger partial charge in [-0.25, -0.2) is 4.79 Å². The molecule has 0 bridgehead atoms. The molecule has 2 N–H and O–H groups in total. The van der Waals surface area contributed by atoms with Gasteiger partial charge >= 0.3 is 5.97 Å². The van der Waals surface area contributed by atoms with E-state index >= 15 is 0 Å². The van der Waals surface area contributed by atoms with Gasteiger partial charge in [-0.05, 0) is 59.7 Å². The van der Waals surface area contributed by atoms with Crippen LogP contribution in [0.2, 0.25) is 0 Å². The van der Waals surface area contributed by atoms with Gasteiger partial charge in [-0.1, -0.05) is 18.2 Å². The number of carboxylic acids is 1. The lowest BCUT2D eigenvalue weighted by molar-refractivity contribution is -0.131. The van der Waals surface area contributed by atoms with Crippen LogP contribution in [0.1, 0.15) is 11.1 Å². The summed E-state index contributed by atoms with van der Waals surface area (Å²) in [5, 5.41) is 21.8. The topological polar surface area (TPSA) is 94.8 Å². The average Bonchev–Trinajstić information content (AvgIpc) is 2.84. The molecule has 0 atom stereocenters. The molecule has 3 aromatic carbocycles. The number of benzene rings is 3. The first kappa shape index (κ1) is 21.9. The highest BCUT2D eigenvalue weighted by atomic mass is 16.5. The van der Waals surface area contributed by atoms with E-state index in [2.05, 4.69) is 16.3 Å². The Morgan fingerprint density at radius 2 is 1.97 bits per heavy atom. The molecule has 0 fully saturated rings. The molecular weight excluding hydrogens is 418 g/mol. The van der Waals surface area contributed by atoms with Crippen LogP contribution in [-0.2, 0) is 9.53 Å². The van der Waals surface area contributed by atoms with Crippen LogP contribution in [0.25, 0.3) is 5.57 Å². The molecule has 0 unspecified atom stereocenters. The number of carbonyl (C=O) groups is 1. The van der Waals surface area contributed by atoms with E-state index in [1.807, 2.05) is 54.6 Å². The minimum Gasteiger partial charge on any atom is -0.490 e. The Morgan fingerprint density at radius 1 is 1.18 bits per heavy atom. The third-order valence-electron chi connectivity index (χ3n) is 5.28. The Labute approximate surface area is 192 Å². The van der Waals surface area contributed by atoms with E-state index in [9.17, 15) is 9.90 Å². The number of methoxy groups -OCH3 is 1. The number of ether oxygens (including phenoxy) is 2. The van der Waals surface area contributed by atoms with Crippen molar-refractivity contribution in [3.63, 3.8) is 0 Å². The number of anilines is 4. The quantitative estimate of drug-likeness (QED) is 0.501. The summed E-state index contributed by atoms with van der Waals surface area (Å²) in [6.07, 6.45) is 1.16. The standard InChI is InChI=1S/C26H23N3O4/c1-32-17-20(15-26(30)31)19-8-11-23(29-12-13-33-25-5-3-2-4-24(25)29)22(14-19)28-21-9-6-18(16-27)7-10-21/h2-11,14-15,28H,12-13,17H2,1H3,(H,30,31)/b20-15+. The van der Waals surface area contributed by atoms with Crippen molar-refractivity contribution in [3.8, 4) is 11.8 Å². The van der Waals surface area contributed by atoms with Gasteiger partial charge in [-0.2, -0.15) is 5.26 Å². The number of nitrogens with zero attached hydrogens (tertiary/aromatic N) is 2. The van der Waals surface area contributed by atoms with Gasteiger partial charge in [0.2, 0.25) is 0 Å². The Kier molecular flexibility index (Phi) is 6.58. The van der Waals surface area contributed by atoms with Crippen LogP contribution < -0.4 is 15.0 Å². The zero-order chi connectivity index (χ0) is 23.2. The van der Waals surface area contributed by atoms with Gasteiger partial charge in [0.25, 0.3) is 0 Å². The van der Waals surface area contributed by atoms with Gasteiger partial charge in [-0.3, -0.25) is 0 Å². The van der Waals surface area contributed by atoms with Gasteiger partial charge in [0.05, 0.1) is 41.8 Å². The maximum atomic E-state index is 11.3. The van der Waals surface area contributed by atoms with Crippen molar-refractivity contribution in [2.24, 2.45) is 0 Å². The fraction of sp³-hybridized carbons (Fsp3) is 0.154. The molecule has 0 aromatic heterocycles. The number of rotatable bonds is 7. The number of aliphatic carboxylic acids is 1. The van der Waals surface area contributed by atoms with E-state index < -0.39 is 5.97 Å². The second-order valence-corrected chi connectivity index (χ2v) is 7.45. The second-order valence-electron chi connectivity index (χ2n) is 7.45. The summed E-state index contributed by atoms with van der Waals surface area (Å²) in [6.45, 7) is 1.37. The second kappa shape index (κ2) is 9.90. The minimum absolute atomic E-state index is 0.169. The van der Waals surface area contributed by atoms with Crippen molar-refractivity contribution in [2.75, 3.05) is 37.1 Å². The number of hydrogen-bond donors (Lipinski definition) is 2. The van der Waals surface area contributed by atoms with Crippen molar-refractivity contribution < 1.29 is 19.4 Å². The highest BCUT2D eigenvalue weighted by molar-refractivity contribution is 5.92. The van der Waals surface area contributed by atoms with E-state index in [0.29, 0.717) is 24.3 Å². The molecule has 7 nitrogen and oxygen atoms in total. The van der Waals surface area contributed by atoms with Gasteiger partial charge in [-0.15, -0.1) is 0 Å². The normalized spacial score (nSPS) is 13.0. The fourth-order valence-corrected chi connectivity index (χ4v) is 3.79. The maximum absolute atomic E-state index is 11.3. The minimum atomic E-state index is -1.03. The molecule has 1 aliphatic heterocycles. The van der Waals surface area contributed by atoms with E-state index in [1.165, 1.54) is 7.11 Å². The van der Waals surface area contributed by atoms with E-state index in [0.717, 1.165) is 40.1 Å². The highest BCUT2D eigenvalue weighted by Gasteiger charge is 2.22. The van der Waals surface area contributed by atoms with Crippen molar-refractivity contribution in [3.05, 3.63) is 83.9 Å². The summed E-state index contributed by atoms with van der Waals surface area (Å²) in [5.74, 6) is -0.224. The molecule has 166 valence electrons. The van der Waals surface area contributed by atoms with Crippen molar-refractivity contribution in [2.45, 2.75) is 0 Å². The Morgan fingerprint density at radius 3 is 2.70 bits per heavy atom. The van der Waals surface area contributed by atoms with Gasteiger partial charge < -0.3 is 24.8 Å². The molecule has 33 heavy (non-hydrogen) atoms. The van der Waals surface area contributed by atoms with Crippen LogP contribution >= 0.6 is 0 Å². The molecule has 0 saturated carbocycles. The largest absolute Gasteiger partial charge is 0.490 e. The van der Waals surface area contributed by atoms with Crippen LogP contribution in [0.5, 0.6) is 5.75 Å². The number of fused-ring (bicyclic) bond motifs is 1. The number of hydrogen-bond acceptors (Lipinski definition) is 6. The Bertz CT molecular complexity index is 1230. The van der Waals surface area contributed by atoms with Crippen molar-refractivity contribution in [1.29, 1.82) is 5.26 Å². The molecule has 0 spiro atoms. The third kappa shape index (κ3) is 4.97. The molecular formula is C26H23N3O4. The molecule has 1 heterocycles. The summed E-state index contributed by atoms with van der Waals surface area (Å²) in [7, 11) is 1.53. The molecule has 1 aliphatic rings. The number of nitriles is 1. The molecule has 3 aromatic rings. The number of carboxylic acid groups (broad SMARTS) is 1. The van der Waals surface area contributed by atoms with Crippen LogP contribution in [0.3, 0.4) is 0 Å². The van der Waals surface area contributed by atoms with Crippen LogP contribution in [0, 0.1) is 11.3 Å². The summed E-state index contributed by atoms with van der Waals surface area (Å²) >= 11 is 0. The SMILES string of the molecule is COC/C(=C\C(=O)O)c1ccc(N2CCOc3ccccc32)c(Nc2ccc(C#N)cc2)c1. The monoisotopic (exact) mass is 441 g/mol. The fourth-order valence-electron chi connectivity index (χ4n) is 3.79. The lowest BCUT2D eigenvalue weighted by Gasteiger charge is -2.33. The lowest BCUT2D eigenvalue weighted by atomic mass is 10.0. The van der Waals surface area contributed by atoms with E-state index in [-0.39, 0.29) is 6.61 Å². The first-order chi connectivity index (χ1) is 16.1. The van der Waals surface area contributed by atoms with Crippen molar-refractivity contribution >= 4 is 34.3 Å². The third-order valence-corrected chi connectivity index (χ3v) is 5.28. The number of nitrogens with one attached hydrogen (secondary N) is 1. The summed E-state index contributed by atoms with van der Waals surface area (Å²) in [6, 6.07) is 22.9. The molecule has 0 amide bonds. The Hall–Kier alpha value is -4.28. The molecule has 0 radical (unpaired) electrons. The molecule has 0 aliphatic carbocycles. The zero-order valence-electron chi connectivity index (χ0n) is 18.1. The van der Waals surface area contributed by atoms with Gasteiger partial charge in [0, 0.05) is 18.9 Å². The predicted octanol–water partition coefficient (Wildman–Crippen LogP) is 4.95. The predicted molar refractivity (Wildman–Crippen MR) is 127 cm³/mol. The molecule has 0 saturated heterocycles. The van der Waals surface area contributed by atoms with Gasteiger partial charge in [0.15, 0.2) is 0 Å². The summed E-state index contributed by atoms with van der Waals surface area (Å²) in [4.78, 5) is 13.5. The smallest absolute Gasteiger partial charge is 0.328 e. The van der Waals surface area contributed by atoms with Gasteiger partial charge in [0.1, 0.15) is 12.4 Å². The van der Waals surface area contributed by atoms with Crippen LogP contribution in [0.15, 0.2) is 72.8 Å².